The van der Waals surface area contributed by atoms with E-state index in [0.29, 0.717) is 37.4 Å². The average Bonchev–Trinajstić information content (AvgIpc) is 2.92. The van der Waals surface area contributed by atoms with Crippen LogP contribution in [0.2, 0.25) is 0 Å². The van der Waals surface area contributed by atoms with E-state index in [1.807, 2.05) is 12.1 Å². The minimum Gasteiger partial charge on any atom is -0.493 e. The van der Waals surface area contributed by atoms with Gasteiger partial charge in [0, 0.05) is 25.1 Å². The number of para-hydroxylation sites is 1. The van der Waals surface area contributed by atoms with Crippen molar-refractivity contribution in [3.05, 3.63) is 29.8 Å². The fourth-order valence-electron chi connectivity index (χ4n) is 4.18. The number of hydrogen-bond donors (Lipinski definition) is 1. The number of benzene rings is 1. The first-order valence-electron chi connectivity index (χ1n) is 9.21. The molecule has 1 aromatic rings. The molecule has 4 rings (SSSR count). The van der Waals surface area contributed by atoms with Gasteiger partial charge in [0.2, 0.25) is 5.91 Å². The molecule has 3 aliphatic rings. The van der Waals surface area contributed by atoms with Gasteiger partial charge in [0.1, 0.15) is 11.8 Å². The van der Waals surface area contributed by atoms with E-state index in [1.54, 1.807) is 24.0 Å². The molecule has 7 heteroatoms. The number of rotatable bonds is 2. The quantitative estimate of drug-likeness (QED) is 0.816. The van der Waals surface area contributed by atoms with E-state index < -0.39 is 17.6 Å². The lowest BCUT2D eigenvalue weighted by molar-refractivity contribution is -0.144. The predicted octanol–water partition coefficient (Wildman–Crippen LogP) is 1.62. The number of amides is 4. The van der Waals surface area contributed by atoms with Crippen molar-refractivity contribution in [3.8, 4) is 5.75 Å². The van der Waals surface area contributed by atoms with E-state index in [-0.39, 0.29) is 11.8 Å². The molecule has 0 aromatic heterocycles. The monoisotopic (exact) mass is 357 g/mol. The number of nitrogens with zero attached hydrogens (tertiary/aromatic N) is 2. The summed E-state index contributed by atoms with van der Waals surface area (Å²) in [5.74, 6) is 0.0750. The second-order valence-corrected chi connectivity index (χ2v) is 7.17. The Morgan fingerprint density at radius 2 is 1.92 bits per heavy atom. The number of carbonyl (C=O) groups is 3. The zero-order valence-electron chi connectivity index (χ0n) is 14.9. The number of carbonyl (C=O) groups excluding carboxylic acids is 3. The summed E-state index contributed by atoms with van der Waals surface area (Å²) in [6.07, 6.45) is 3.40. The van der Waals surface area contributed by atoms with Crippen molar-refractivity contribution in [2.45, 2.75) is 44.2 Å². The van der Waals surface area contributed by atoms with Crippen LogP contribution in [0.25, 0.3) is 0 Å². The summed E-state index contributed by atoms with van der Waals surface area (Å²) in [6.45, 7) is 3.35. The Balaban J connectivity index is 1.63. The zero-order chi connectivity index (χ0) is 18.3. The minimum absolute atomic E-state index is 0.161. The second-order valence-electron chi connectivity index (χ2n) is 7.17. The topological polar surface area (TPSA) is 79.0 Å². The van der Waals surface area contributed by atoms with Crippen LogP contribution in [0.3, 0.4) is 0 Å². The fraction of sp³-hybridized carbons (Fsp3) is 0.526. The molecule has 2 saturated heterocycles. The summed E-state index contributed by atoms with van der Waals surface area (Å²) in [6, 6.07) is 5.92. The molecule has 3 aliphatic heterocycles. The van der Waals surface area contributed by atoms with Crippen molar-refractivity contribution in [2.75, 3.05) is 19.7 Å². The van der Waals surface area contributed by atoms with Gasteiger partial charge in [-0.25, -0.2) is 9.69 Å². The third-order valence-corrected chi connectivity index (χ3v) is 5.62. The Bertz CT molecular complexity index is 759. The molecule has 1 N–H and O–H groups in total. The van der Waals surface area contributed by atoms with Gasteiger partial charge in [0.25, 0.3) is 5.91 Å². The molecule has 0 saturated carbocycles. The van der Waals surface area contributed by atoms with Gasteiger partial charge in [-0.1, -0.05) is 18.2 Å². The van der Waals surface area contributed by atoms with E-state index >= 15 is 0 Å². The van der Waals surface area contributed by atoms with Crippen LogP contribution < -0.4 is 10.1 Å². The van der Waals surface area contributed by atoms with Crippen LogP contribution in [0.1, 0.15) is 38.2 Å². The van der Waals surface area contributed by atoms with Gasteiger partial charge in [0.05, 0.1) is 6.61 Å². The lowest BCUT2D eigenvalue weighted by Gasteiger charge is -2.34. The van der Waals surface area contributed by atoms with Gasteiger partial charge in [-0.05, 0) is 32.3 Å². The molecular formula is C19H23N3O4. The highest BCUT2D eigenvalue weighted by Gasteiger charge is 2.57. The van der Waals surface area contributed by atoms with Crippen LogP contribution in [0, 0.1) is 0 Å². The standard InChI is InChI=1S/C19H23N3O4/c1-13(16(23)21-10-5-2-6-11-21)22-17(24)19(20-18(22)25)9-12-26-15-8-4-3-7-14(15)19/h3-4,7-8,13H,2,5-6,9-12H2,1H3,(H,20,25)/t13-,19-/m1/s1. The molecule has 2 fully saturated rings. The number of likely N-dealkylation sites (tertiary alicyclic amines) is 1. The van der Waals surface area contributed by atoms with Gasteiger partial charge in [-0.2, -0.15) is 0 Å². The summed E-state index contributed by atoms with van der Waals surface area (Å²) < 4.78 is 5.63. The molecule has 26 heavy (non-hydrogen) atoms. The van der Waals surface area contributed by atoms with Gasteiger partial charge in [-0.15, -0.1) is 0 Å². The van der Waals surface area contributed by atoms with Crippen LogP contribution >= 0.6 is 0 Å². The molecule has 4 amide bonds. The summed E-state index contributed by atoms with van der Waals surface area (Å²) in [7, 11) is 0. The summed E-state index contributed by atoms with van der Waals surface area (Å²) >= 11 is 0. The number of urea groups is 1. The maximum absolute atomic E-state index is 13.3. The van der Waals surface area contributed by atoms with Crippen LogP contribution in [0.5, 0.6) is 5.75 Å². The van der Waals surface area contributed by atoms with Gasteiger partial charge >= 0.3 is 6.03 Å². The first-order valence-corrected chi connectivity index (χ1v) is 9.21. The number of ether oxygens (including phenoxy) is 1. The number of nitrogens with one attached hydrogen (secondary N) is 1. The Labute approximate surface area is 152 Å². The highest BCUT2D eigenvalue weighted by atomic mass is 16.5. The van der Waals surface area contributed by atoms with Gasteiger partial charge < -0.3 is 15.0 Å². The fourth-order valence-corrected chi connectivity index (χ4v) is 4.18. The first-order chi connectivity index (χ1) is 12.5. The largest absolute Gasteiger partial charge is 0.493 e. The minimum atomic E-state index is -1.14. The van der Waals surface area contributed by atoms with Crippen molar-refractivity contribution in [3.63, 3.8) is 0 Å². The molecule has 3 heterocycles. The summed E-state index contributed by atoms with van der Waals surface area (Å²) in [5.41, 5.74) is -0.479. The lowest BCUT2D eigenvalue weighted by atomic mass is 9.84. The molecule has 0 radical (unpaired) electrons. The highest BCUT2D eigenvalue weighted by Crippen LogP contribution is 2.41. The van der Waals surface area contributed by atoms with Crippen LogP contribution in [0.15, 0.2) is 24.3 Å². The SMILES string of the molecule is C[C@H](C(=O)N1CCCCC1)N1C(=O)N[C@@]2(CCOc3ccccc32)C1=O. The Morgan fingerprint density at radius 1 is 1.19 bits per heavy atom. The third-order valence-electron chi connectivity index (χ3n) is 5.62. The van der Waals surface area contributed by atoms with E-state index in [4.69, 9.17) is 4.74 Å². The molecular weight excluding hydrogens is 334 g/mol. The predicted molar refractivity (Wildman–Crippen MR) is 93.5 cm³/mol. The van der Waals surface area contributed by atoms with E-state index in [2.05, 4.69) is 5.32 Å². The van der Waals surface area contributed by atoms with Gasteiger partial charge in [-0.3, -0.25) is 9.59 Å². The molecule has 1 spiro atoms. The van der Waals surface area contributed by atoms with Crippen molar-refractivity contribution in [2.24, 2.45) is 0 Å². The maximum Gasteiger partial charge on any atom is 0.326 e. The number of piperidine rings is 1. The number of imide groups is 1. The smallest absolute Gasteiger partial charge is 0.326 e. The van der Waals surface area contributed by atoms with Crippen molar-refractivity contribution < 1.29 is 19.1 Å². The molecule has 0 aliphatic carbocycles. The Hall–Kier alpha value is -2.57. The lowest BCUT2D eigenvalue weighted by Crippen LogP contribution is -2.52. The van der Waals surface area contributed by atoms with Gasteiger partial charge in [0.15, 0.2) is 5.54 Å². The highest BCUT2D eigenvalue weighted by molar-refractivity contribution is 6.10. The second kappa shape index (κ2) is 6.30. The van der Waals surface area contributed by atoms with Crippen LogP contribution in [0.4, 0.5) is 4.79 Å². The normalized spacial score (nSPS) is 26.3. The third kappa shape index (κ3) is 2.45. The molecule has 2 atom stereocenters. The zero-order valence-corrected chi connectivity index (χ0v) is 14.9. The Morgan fingerprint density at radius 3 is 2.69 bits per heavy atom. The molecule has 138 valence electrons. The molecule has 7 nitrogen and oxygen atoms in total. The summed E-state index contributed by atoms with van der Waals surface area (Å²) in [5, 5.41) is 2.85. The molecule has 0 bridgehead atoms. The van der Waals surface area contributed by atoms with E-state index in [9.17, 15) is 14.4 Å². The molecule has 1 aromatic carbocycles. The van der Waals surface area contributed by atoms with Crippen molar-refractivity contribution >= 4 is 17.8 Å². The van der Waals surface area contributed by atoms with Crippen LogP contribution in [-0.4, -0.2) is 53.4 Å². The van der Waals surface area contributed by atoms with Crippen molar-refractivity contribution in [1.82, 2.24) is 15.1 Å². The average molecular weight is 357 g/mol. The molecule has 0 unspecified atom stereocenters. The first kappa shape index (κ1) is 16.9. The van der Waals surface area contributed by atoms with E-state index in [0.717, 1.165) is 24.2 Å². The van der Waals surface area contributed by atoms with Crippen LogP contribution in [-0.2, 0) is 15.1 Å². The van der Waals surface area contributed by atoms with E-state index in [1.165, 1.54) is 0 Å². The number of fused-ring (bicyclic) bond motifs is 2. The Kier molecular flexibility index (Phi) is 4.09. The van der Waals surface area contributed by atoms with Crippen molar-refractivity contribution in [1.29, 1.82) is 0 Å². The maximum atomic E-state index is 13.3. The number of hydrogen-bond acceptors (Lipinski definition) is 4. The summed E-state index contributed by atoms with van der Waals surface area (Å²) in [4.78, 5) is 41.7.